The number of piperazine rings is 1. The van der Waals surface area contributed by atoms with Crippen molar-refractivity contribution in [3.63, 3.8) is 0 Å². The minimum Gasteiger partial charge on any atom is -0.300 e. The van der Waals surface area contributed by atoms with Crippen LogP contribution in [0.4, 0.5) is 0 Å². The van der Waals surface area contributed by atoms with E-state index in [4.69, 9.17) is 0 Å². The van der Waals surface area contributed by atoms with Gasteiger partial charge in [-0.3, -0.25) is 14.8 Å². The second-order valence-electron chi connectivity index (χ2n) is 8.41. The van der Waals surface area contributed by atoms with E-state index < -0.39 is 0 Å². The third-order valence-electron chi connectivity index (χ3n) is 6.60. The smallest absolute Gasteiger partial charge is 0.276 e. The topological polar surface area (TPSA) is 57.2 Å². The number of aromatic amines is 1. The Hall–Kier alpha value is -2.70. The zero-order chi connectivity index (χ0) is 20.3. The van der Waals surface area contributed by atoms with Crippen LogP contribution < -0.4 is 5.56 Å². The molecular formula is C24H29N5O. The fourth-order valence-corrected chi connectivity index (χ4v) is 4.83. The zero-order valence-electron chi connectivity index (χ0n) is 17.3. The number of nitrogens with one attached hydrogen (secondary N) is 1. The van der Waals surface area contributed by atoms with Gasteiger partial charge in [0.2, 0.25) is 0 Å². The van der Waals surface area contributed by atoms with Crippen molar-refractivity contribution in [2.75, 3.05) is 32.7 Å². The molecule has 1 aromatic carbocycles. The van der Waals surface area contributed by atoms with E-state index in [0.29, 0.717) is 11.9 Å². The van der Waals surface area contributed by atoms with E-state index in [9.17, 15) is 4.79 Å². The van der Waals surface area contributed by atoms with Gasteiger partial charge < -0.3 is 4.90 Å². The third-order valence-corrected chi connectivity index (χ3v) is 6.60. The van der Waals surface area contributed by atoms with Crippen molar-refractivity contribution in [3.05, 3.63) is 81.9 Å². The van der Waals surface area contributed by atoms with Crippen LogP contribution in [-0.2, 0) is 19.3 Å². The normalized spacial score (nSPS) is 20.2. The molecule has 1 N–H and O–H groups in total. The second kappa shape index (κ2) is 8.58. The number of H-pyrrole nitrogens is 1. The van der Waals surface area contributed by atoms with Crippen LogP contribution in [0, 0.1) is 0 Å². The zero-order valence-corrected chi connectivity index (χ0v) is 17.3. The quantitative estimate of drug-likeness (QED) is 0.710. The summed E-state index contributed by atoms with van der Waals surface area (Å²) in [6, 6.07) is 16.9. The molecule has 30 heavy (non-hydrogen) atoms. The van der Waals surface area contributed by atoms with Crippen LogP contribution in [0.2, 0.25) is 0 Å². The predicted octanol–water partition coefficient (Wildman–Crippen LogP) is 2.28. The Morgan fingerprint density at radius 3 is 2.57 bits per heavy atom. The monoisotopic (exact) mass is 403 g/mol. The number of hydrogen-bond donors (Lipinski definition) is 1. The van der Waals surface area contributed by atoms with E-state index >= 15 is 0 Å². The largest absolute Gasteiger partial charge is 0.300 e. The van der Waals surface area contributed by atoms with E-state index in [1.54, 1.807) is 10.9 Å². The summed E-state index contributed by atoms with van der Waals surface area (Å²) >= 11 is 0. The van der Waals surface area contributed by atoms with Crippen LogP contribution in [0.3, 0.4) is 0 Å². The number of aromatic nitrogens is 3. The maximum absolute atomic E-state index is 13.0. The van der Waals surface area contributed by atoms with Crippen molar-refractivity contribution in [1.29, 1.82) is 0 Å². The van der Waals surface area contributed by atoms with Crippen molar-refractivity contribution in [3.8, 4) is 5.82 Å². The lowest BCUT2D eigenvalue weighted by atomic mass is 9.92. The van der Waals surface area contributed by atoms with Gasteiger partial charge in [0.15, 0.2) is 5.82 Å². The molecule has 1 atom stereocenters. The molecule has 6 nitrogen and oxygen atoms in total. The predicted molar refractivity (Wildman–Crippen MR) is 118 cm³/mol. The van der Waals surface area contributed by atoms with E-state index in [1.165, 1.54) is 5.56 Å². The lowest BCUT2D eigenvalue weighted by molar-refractivity contribution is 0.0900. The first kappa shape index (κ1) is 19.3. The van der Waals surface area contributed by atoms with Gasteiger partial charge in [0.05, 0.1) is 0 Å². The molecule has 1 fully saturated rings. The van der Waals surface area contributed by atoms with Crippen molar-refractivity contribution in [1.82, 2.24) is 24.6 Å². The molecule has 1 aliphatic heterocycles. The Morgan fingerprint density at radius 2 is 1.80 bits per heavy atom. The van der Waals surface area contributed by atoms with Gasteiger partial charge in [0.25, 0.3) is 5.56 Å². The van der Waals surface area contributed by atoms with Crippen molar-refractivity contribution in [2.45, 2.75) is 31.7 Å². The molecule has 0 spiro atoms. The highest BCUT2D eigenvalue weighted by Gasteiger charge is 2.30. The van der Waals surface area contributed by atoms with Crippen LogP contribution in [0.15, 0.2) is 59.5 Å². The van der Waals surface area contributed by atoms with Crippen molar-refractivity contribution >= 4 is 0 Å². The van der Waals surface area contributed by atoms with Crippen molar-refractivity contribution < 1.29 is 0 Å². The average molecular weight is 404 g/mol. The third kappa shape index (κ3) is 3.98. The molecule has 1 aliphatic carbocycles. The summed E-state index contributed by atoms with van der Waals surface area (Å²) < 4.78 is 1.61. The Labute approximate surface area is 177 Å². The van der Waals surface area contributed by atoms with Crippen LogP contribution >= 0.6 is 0 Å². The molecule has 5 rings (SSSR count). The standard InChI is InChI=1S/C24H29N5O/c30-24-21-18-20(9-10-22(21)26-29(24)23-8-4-5-12-25-23)28-16-14-27(15-17-28)13-11-19-6-2-1-3-7-19/h1-8,12,20,26H,9-11,13-18H2. The van der Waals surface area contributed by atoms with Gasteiger partial charge >= 0.3 is 0 Å². The molecule has 0 radical (unpaired) electrons. The van der Waals surface area contributed by atoms with Crippen LogP contribution in [-0.4, -0.2) is 63.3 Å². The maximum atomic E-state index is 13.0. The molecule has 6 heteroatoms. The molecule has 156 valence electrons. The summed E-state index contributed by atoms with van der Waals surface area (Å²) in [4.78, 5) is 22.5. The van der Waals surface area contributed by atoms with Crippen LogP contribution in [0.25, 0.3) is 5.82 Å². The van der Waals surface area contributed by atoms with Gasteiger partial charge in [-0.1, -0.05) is 36.4 Å². The van der Waals surface area contributed by atoms with E-state index in [-0.39, 0.29) is 5.56 Å². The Balaban J connectivity index is 1.19. The first-order chi connectivity index (χ1) is 14.8. The lowest BCUT2D eigenvalue weighted by Crippen LogP contribution is -2.52. The first-order valence-electron chi connectivity index (χ1n) is 11.0. The number of rotatable bonds is 5. The molecule has 2 aliphatic rings. The SMILES string of the molecule is O=c1c2c([nH]n1-c1ccccn1)CCC(N1CCN(CCc3ccccc3)CC1)C2. The minimum absolute atomic E-state index is 0.0647. The molecule has 0 amide bonds. The van der Waals surface area contributed by atoms with Crippen LogP contribution in [0.5, 0.6) is 0 Å². The summed E-state index contributed by atoms with van der Waals surface area (Å²) in [6.07, 6.45) is 5.72. The molecule has 2 aromatic heterocycles. The van der Waals surface area contributed by atoms with Gasteiger partial charge in [0, 0.05) is 56.2 Å². The number of pyridine rings is 1. The summed E-state index contributed by atoms with van der Waals surface area (Å²) in [5.74, 6) is 0.667. The maximum Gasteiger partial charge on any atom is 0.276 e. The molecule has 0 saturated carbocycles. The summed E-state index contributed by atoms with van der Waals surface area (Å²) in [6.45, 7) is 5.53. The number of nitrogens with zero attached hydrogens (tertiary/aromatic N) is 4. The number of hydrogen-bond acceptors (Lipinski definition) is 4. The van der Waals surface area contributed by atoms with E-state index in [1.807, 2.05) is 18.2 Å². The first-order valence-corrected chi connectivity index (χ1v) is 11.0. The highest BCUT2D eigenvalue weighted by atomic mass is 16.1. The summed E-state index contributed by atoms with van der Waals surface area (Å²) in [5, 5.41) is 3.30. The molecule has 1 saturated heterocycles. The Morgan fingerprint density at radius 1 is 1.00 bits per heavy atom. The Kier molecular flexibility index (Phi) is 5.51. The van der Waals surface area contributed by atoms with Gasteiger partial charge in [0.1, 0.15) is 0 Å². The molecule has 3 aromatic rings. The molecular weight excluding hydrogens is 374 g/mol. The Bertz CT molecular complexity index is 1020. The summed E-state index contributed by atoms with van der Waals surface area (Å²) in [7, 11) is 0. The van der Waals surface area contributed by atoms with Gasteiger partial charge in [-0.2, -0.15) is 0 Å². The molecule has 1 unspecified atom stereocenters. The highest BCUT2D eigenvalue weighted by molar-refractivity contribution is 5.29. The van der Waals surface area contributed by atoms with Crippen LogP contribution in [0.1, 0.15) is 23.2 Å². The molecule has 3 heterocycles. The lowest BCUT2D eigenvalue weighted by Gasteiger charge is -2.40. The number of benzene rings is 1. The average Bonchev–Trinajstić information content (AvgIpc) is 3.15. The minimum atomic E-state index is 0.0647. The fourth-order valence-electron chi connectivity index (χ4n) is 4.83. The van der Waals surface area contributed by atoms with Gasteiger partial charge in [-0.15, -0.1) is 0 Å². The van der Waals surface area contributed by atoms with E-state index in [0.717, 1.165) is 69.7 Å². The molecule has 0 bridgehead atoms. The second-order valence-corrected chi connectivity index (χ2v) is 8.41. The summed E-state index contributed by atoms with van der Waals surface area (Å²) in [5.41, 5.74) is 3.51. The van der Waals surface area contributed by atoms with Gasteiger partial charge in [-0.05, 0) is 43.4 Å². The highest BCUT2D eigenvalue weighted by Crippen LogP contribution is 2.23. The van der Waals surface area contributed by atoms with Gasteiger partial charge in [-0.25, -0.2) is 9.67 Å². The fraction of sp³-hybridized carbons (Fsp3) is 0.417. The van der Waals surface area contributed by atoms with E-state index in [2.05, 4.69) is 50.2 Å². The number of aryl methyl sites for hydroxylation is 1. The van der Waals surface area contributed by atoms with Crippen molar-refractivity contribution in [2.24, 2.45) is 0 Å². The number of fused-ring (bicyclic) bond motifs is 1.